The van der Waals surface area contributed by atoms with Crippen LogP contribution in [0.4, 0.5) is 0 Å². The van der Waals surface area contributed by atoms with Crippen molar-refractivity contribution >= 4 is 0 Å². The number of fused-ring (bicyclic) bond motifs is 3. The van der Waals surface area contributed by atoms with Crippen molar-refractivity contribution in [2.45, 2.75) is 37.9 Å². The lowest BCUT2D eigenvalue weighted by Gasteiger charge is -2.41. The van der Waals surface area contributed by atoms with E-state index in [4.69, 9.17) is 18.9 Å². The van der Waals surface area contributed by atoms with Crippen LogP contribution in [0.1, 0.15) is 25.0 Å². The molecule has 0 fully saturated rings. The number of methoxy groups -OCH3 is 4. The molecule has 0 saturated carbocycles. The second-order valence-electron chi connectivity index (χ2n) is 7.89. The first-order valence-electron chi connectivity index (χ1n) is 9.41. The lowest BCUT2D eigenvalue weighted by molar-refractivity contribution is -0.129. The van der Waals surface area contributed by atoms with Gasteiger partial charge < -0.3 is 39.4 Å². The lowest BCUT2D eigenvalue weighted by atomic mass is 9.72. The first-order chi connectivity index (χ1) is 14.0. The highest BCUT2D eigenvalue weighted by molar-refractivity contribution is 5.88. The van der Waals surface area contributed by atoms with Crippen LogP contribution in [0.2, 0.25) is 0 Å². The highest BCUT2D eigenvalue weighted by atomic mass is 16.5. The van der Waals surface area contributed by atoms with E-state index in [2.05, 4.69) is 0 Å². The largest absolute Gasteiger partial charge is 0.504 e. The van der Waals surface area contributed by atoms with E-state index in [0.717, 1.165) is 0 Å². The second-order valence-corrected chi connectivity index (χ2v) is 7.89. The van der Waals surface area contributed by atoms with Crippen LogP contribution in [0, 0.1) is 0 Å². The third-order valence-corrected chi connectivity index (χ3v) is 5.91. The van der Waals surface area contributed by atoms with E-state index in [1.54, 1.807) is 6.07 Å². The molecule has 0 aromatic heterocycles. The quantitative estimate of drug-likeness (QED) is 0.596. The molecule has 0 amide bonds. The summed E-state index contributed by atoms with van der Waals surface area (Å²) in [5.74, 6) is 0.204. The molecule has 4 N–H and O–H groups in total. The summed E-state index contributed by atoms with van der Waals surface area (Å²) in [5, 5.41) is 43.5. The Bertz CT molecular complexity index is 978. The van der Waals surface area contributed by atoms with Crippen LogP contribution in [0.5, 0.6) is 34.5 Å². The zero-order chi connectivity index (χ0) is 22.4. The summed E-state index contributed by atoms with van der Waals surface area (Å²) >= 11 is 0. The Morgan fingerprint density at radius 2 is 1.17 bits per heavy atom. The molecular formula is C22H28O8. The summed E-state index contributed by atoms with van der Waals surface area (Å²) in [4.78, 5) is 0. The van der Waals surface area contributed by atoms with Crippen molar-refractivity contribution in [1.29, 1.82) is 0 Å². The number of aliphatic hydroxyl groups is 2. The number of rotatable bonds is 4. The zero-order valence-corrected chi connectivity index (χ0v) is 18.0. The number of phenolic OH excluding ortho intramolecular Hbond substituents is 2. The Morgan fingerprint density at radius 1 is 0.700 bits per heavy atom. The number of hydrogen-bond acceptors (Lipinski definition) is 8. The van der Waals surface area contributed by atoms with E-state index in [9.17, 15) is 20.4 Å². The molecule has 8 nitrogen and oxygen atoms in total. The molecule has 1 aliphatic rings. The molecule has 0 heterocycles. The Morgan fingerprint density at radius 3 is 1.63 bits per heavy atom. The molecule has 0 saturated heterocycles. The Balaban J connectivity index is 2.55. The van der Waals surface area contributed by atoms with Gasteiger partial charge in [0.1, 0.15) is 0 Å². The molecule has 8 heteroatoms. The summed E-state index contributed by atoms with van der Waals surface area (Å²) in [5.41, 5.74) is -1.12. The van der Waals surface area contributed by atoms with Crippen LogP contribution in [0.3, 0.4) is 0 Å². The van der Waals surface area contributed by atoms with Crippen LogP contribution in [-0.2, 0) is 12.8 Å². The van der Waals surface area contributed by atoms with Crippen molar-refractivity contribution < 1.29 is 39.4 Å². The fourth-order valence-corrected chi connectivity index (χ4v) is 4.05. The van der Waals surface area contributed by atoms with Crippen molar-refractivity contribution in [1.82, 2.24) is 0 Å². The van der Waals surface area contributed by atoms with E-state index in [1.807, 2.05) is 0 Å². The second kappa shape index (κ2) is 7.45. The maximum atomic E-state index is 11.2. The van der Waals surface area contributed by atoms with E-state index < -0.39 is 11.2 Å². The van der Waals surface area contributed by atoms with Crippen LogP contribution in [0.15, 0.2) is 12.1 Å². The third kappa shape index (κ3) is 3.16. The molecule has 0 spiro atoms. The Hall–Kier alpha value is -2.84. The summed E-state index contributed by atoms with van der Waals surface area (Å²) in [6.07, 6.45) is 0.0345. The summed E-state index contributed by atoms with van der Waals surface area (Å²) in [6.45, 7) is 3.07. The monoisotopic (exact) mass is 420 g/mol. The molecule has 2 aromatic carbocycles. The Labute approximate surface area is 175 Å². The zero-order valence-electron chi connectivity index (χ0n) is 18.0. The van der Waals surface area contributed by atoms with Crippen LogP contribution in [-0.4, -0.2) is 60.1 Å². The van der Waals surface area contributed by atoms with Gasteiger partial charge in [-0.05, 0) is 37.1 Å². The minimum Gasteiger partial charge on any atom is -0.504 e. The van der Waals surface area contributed by atoms with Crippen molar-refractivity contribution in [3.8, 4) is 45.6 Å². The molecule has 1 aliphatic carbocycles. The molecule has 0 aliphatic heterocycles. The fourth-order valence-electron chi connectivity index (χ4n) is 4.05. The highest BCUT2D eigenvalue weighted by Gasteiger charge is 2.46. The van der Waals surface area contributed by atoms with Gasteiger partial charge in [-0.15, -0.1) is 0 Å². The molecule has 164 valence electrons. The van der Waals surface area contributed by atoms with Crippen molar-refractivity contribution in [2.75, 3.05) is 28.4 Å². The van der Waals surface area contributed by atoms with Crippen LogP contribution >= 0.6 is 0 Å². The molecule has 0 radical (unpaired) electrons. The molecular weight excluding hydrogens is 392 g/mol. The molecule has 0 unspecified atom stereocenters. The molecule has 3 rings (SSSR count). The van der Waals surface area contributed by atoms with Gasteiger partial charge in [0.25, 0.3) is 0 Å². The number of aromatic hydroxyl groups is 2. The normalized spacial score (nSPS) is 22.9. The molecule has 0 bridgehead atoms. The smallest absolute Gasteiger partial charge is 0.203 e. The molecule has 30 heavy (non-hydrogen) atoms. The van der Waals surface area contributed by atoms with Gasteiger partial charge in [0.15, 0.2) is 23.0 Å². The van der Waals surface area contributed by atoms with E-state index >= 15 is 0 Å². The minimum atomic E-state index is -1.55. The predicted molar refractivity (Wildman–Crippen MR) is 110 cm³/mol. The van der Waals surface area contributed by atoms with Gasteiger partial charge in [-0.2, -0.15) is 0 Å². The Kier molecular flexibility index (Phi) is 5.43. The van der Waals surface area contributed by atoms with Crippen molar-refractivity contribution in [3.63, 3.8) is 0 Å². The maximum Gasteiger partial charge on any atom is 0.203 e. The van der Waals surface area contributed by atoms with Crippen LogP contribution in [0.25, 0.3) is 11.1 Å². The summed E-state index contributed by atoms with van der Waals surface area (Å²) in [6, 6.07) is 3.04. The van der Waals surface area contributed by atoms with Gasteiger partial charge in [0.2, 0.25) is 11.5 Å². The highest BCUT2D eigenvalue weighted by Crippen LogP contribution is 2.55. The van der Waals surface area contributed by atoms with Gasteiger partial charge in [0.05, 0.1) is 39.6 Å². The molecule has 2 atom stereocenters. The summed E-state index contributed by atoms with van der Waals surface area (Å²) in [7, 11) is 5.65. The fraction of sp³-hybridized carbons (Fsp3) is 0.455. The van der Waals surface area contributed by atoms with Gasteiger partial charge in [-0.1, -0.05) is 0 Å². The van der Waals surface area contributed by atoms with Crippen molar-refractivity contribution in [2.24, 2.45) is 0 Å². The van der Waals surface area contributed by atoms with E-state index in [1.165, 1.54) is 48.4 Å². The van der Waals surface area contributed by atoms with Gasteiger partial charge >= 0.3 is 0 Å². The number of benzene rings is 2. The van der Waals surface area contributed by atoms with Crippen LogP contribution < -0.4 is 18.9 Å². The average Bonchev–Trinajstić information content (AvgIpc) is 2.67. The predicted octanol–water partition coefficient (Wildman–Crippen LogP) is 2.40. The summed E-state index contributed by atoms with van der Waals surface area (Å²) < 4.78 is 21.7. The van der Waals surface area contributed by atoms with Gasteiger partial charge in [0, 0.05) is 24.0 Å². The van der Waals surface area contributed by atoms with Gasteiger partial charge in [-0.25, -0.2) is 0 Å². The topological polar surface area (TPSA) is 118 Å². The number of hydrogen-bond donors (Lipinski definition) is 4. The van der Waals surface area contributed by atoms with Crippen molar-refractivity contribution in [3.05, 3.63) is 23.3 Å². The van der Waals surface area contributed by atoms with E-state index in [0.29, 0.717) is 22.3 Å². The first-order valence-corrected chi connectivity index (χ1v) is 9.41. The number of ether oxygens (including phenoxy) is 4. The van der Waals surface area contributed by atoms with E-state index in [-0.39, 0.29) is 47.3 Å². The third-order valence-electron chi connectivity index (χ3n) is 5.91. The molecule has 2 aromatic rings. The lowest BCUT2D eigenvalue weighted by Crippen LogP contribution is -2.53. The average molecular weight is 420 g/mol. The first kappa shape index (κ1) is 21.9. The number of phenols is 2. The SMILES string of the molecule is COc1cc2c(c(OC)c1O)-c1c(cc(O)c(OC)c1OC)C[C@@](C)(O)[C@@](C)(O)C2. The van der Waals surface area contributed by atoms with Gasteiger partial charge in [-0.3, -0.25) is 0 Å². The maximum absolute atomic E-state index is 11.2. The standard InChI is InChI=1S/C22H28O8/c1-21(25)9-11-7-13(23)18(28-4)20(30-6)16(11)15-12(10-22(21,2)26)8-14(27-3)17(24)19(15)29-5/h7-8,23-26H,9-10H2,1-6H3/t21-,22+/m1/s1. The minimum absolute atomic E-state index is 0.00136.